The Kier molecular flexibility index (Phi) is 3.06. The van der Waals surface area contributed by atoms with E-state index in [4.69, 9.17) is 0 Å². The number of amides is 1. The molecule has 2 aromatic heterocycles. The van der Waals surface area contributed by atoms with E-state index in [-0.39, 0.29) is 5.91 Å². The monoisotopic (exact) mass is 318 g/mol. The fourth-order valence-electron chi connectivity index (χ4n) is 3.26. The molecule has 0 saturated heterocycles. The molecule has 0 radical (unpaired) electrons. The van der Waals surface area contributed by atoms with Crippen LogP contribution in [0.2, 0.25) is 0 Å². The number of carbonyl (C=O) groups excluding carboxylic acids is 1. The van der Waals surface area contributed by atoms with Crippen LogP contribution in [0.3, 0.4) is 0 Å². The van der Waals surface area contributed by atoms with Gasteiger partial charge in [-0.1, -0.05) is 12.1 Å². The first kappa shape index (κ1) is 14.6. The summed E-state index contributed by atoms with van der Waals surface area (Å²) in [6.45, 7) is 3.93. The molecule has 0 atom stereocenters. The van der Waals surface area contributed by atoms with Crippen LogP contribution in [0.5, 0.6) is 0 Å². The van der Waals surface area contributed by atoms with Gasteiger partial charge in [0, 0.05) is 42.5 Å². The van der Waals surface area contributed by atoms with Gasteiger partial charge >= 0.3 is 0 Å². The highest BCUT2D eigenvalue weighted by molar-refractivity contribution is 6.07. The van der Waals surface area contributed by atoms with Crippen molar-refractivity contribution in [2.45, 2.75) is 19.3 Å². The SMILES string of the molecule is CN1C(=O)C(C)(C)c2ccc(-n3cc(-c4cccnc4)cn3)cc21. The first-order valence-corrected chi connectivity index (χ1v) is 7.86. The van der Waals surface area contributed by atoms with Crippen molar-refractivity contribution in [3.8, 4) is 16.8 Å². The summed E-state index contributed by atoms with van der Waals surface area (Å²) < 4.78 is 1.83. The van der Waals surface area contributed by atoms with Gasteiger partial charge in [0.15, 0.2) is 0 Å². The zero-order valence-corrected chi connectivity index (χ0v) is 13.9. The van der Waals surface area contributed by atoms with Gasteiger partial charge in [-0.3, -0.25) is 9.78 Å². The molecular formula is C19H18N4O. The largest absolute Gasteiger partial charge is 0.314 e. The maximum absolute atomic E-state index is 12.4. The summed E-state index contributed by atoms with van der Waals surface area (Å²) in [6, 6.07) is 9.96. The molecule has 0 saturated carbocycles. The highest BCUT2D eigenvalue weighted by atomic mass is 16.2. The maximum Gasteiger partial charge on any atom is 0.236 e. The van der Waals surface area contributed by atoms with Gasteiger partial charge in [0.25, 0.3) is 0 Å². The minimum Gasteiger partial charge on any atom is -0.314 e. The molecule has 4 rings (SSSR count). The summed E-state index contributed by atoms with van der Waals surface area (Å²) in [6.07, 6.45) is 7.37. The molecule has 1 aliphatic heterocycles. The van der Waals surface area contributed by atoms with E-state index >= 15 is 0 Å². The normalized spacial score (nSPS) is 15.6. The molecule has 3 heterocycles. The van der Waals surface area contributed by atoms with E-state index in [2.05, 4.69) is 10.1 Å². The molecule has 5 nitrogen and oxygen atoms in total. The molecule has 1 aromatic carbocycles. The quantitative estimate of drug-likeness (QED) is 0.729. The molecule has 0 N–H and O–H groups in total. The number of nitrogens with zero attached hydrogens (tertiary/aromatic N) is 4. The van der Waals surface area contributed by atoms with Crippen molar-refractivity contribution >= 4 is 11.6 Å². The average Bonchev–Trinajstić information content (AvgIpc) is 3.16. The maximum atomic E-state index is 12.4. The number of hydrogen-bond acceptors (Lipinski definition) is 3. The van der Waals surface area contributed by atoms with E-state index in [1.807, 2.05) is 74.5 Å². The standard InChI is InChI=1S/C19H18N4O/c1-19(2)16-7-6-15(9-17(16)22(3)18(19)24)23-12-14(11-21-23)13-5-4-8-20-10-13/h4-12H,1-3H3. The lowest BCUT2D eigenvalue weighted by molar-refractivity contribution is -0.121. The van der Waals surface area contributed by atoms with Crippen LogP contribution in [-0.4, -0.2) is 27.7 Å². The van der Waals surface area contributed by atoms with Gasteiger partial charge in [0.2, 0.25) is 5.91 Å². The van der Waals surface area contributed by atoms with Crippen LogP contribution in [0.4, 0.5) is 5.69 Å². The highest BCUT2D eigenvalue weighted by Gasteiger charge is 2.42. The zero-order valence-electron chi connectivity index (χ0n) is 13.9. The predicted molar refractivity (Wildman–Crippen MR) is 93.2 cm³/mol. The number of fused-ring (bicyclic) bond motifs is 1. The van der Waals surface area contributed by atoms with E-state index in [1.165, 1.54) is 0 Å². The van der Waals surface area contributed by atoms with Gasteiger partial charge in [0.05, 0.1) is 17.3 Å². The van der Waals surface area contributed by atoms with Gasteiger partial charge < -0.3 is 4.90 Å². The molecule has 5 heteroatoms. The third-order valence-electron chi connectivity index (χ3n) is 4.70. The highest BCUT2D eigenvalue weighted by Crippen LogP contribution is 2.41. The number of rotatable bonds is 2. The number of hydrogen-bond donors (Lipinski definition) is 0. The van der Waals surface area contributed by atoms with Crippen LogP contribution in [-0.2, 0) is 10.2 Å². The second-order valence-corrected chi connectivity index (χ2v) is 6.61. The Morgan fingerprint density at radius 2 is 1.92 bits per heavy atom. The Balaban J connectivity index is 1.75. The Labute approximate surface area is 140 Å². The van der Waals surface area contributed by atoms with E-state index < -0.39 is 5.41 Å². The lowest BCUT2D eigenvalue weighted by Gasteiger charge is -2.16. The van der Waals surface area contributed by atoms with Gasteiger partial charge in [-0.15, -0.1) is 0 Å². The molecular weight excluding hydrogens is 300 g/mol. The fraction of sp³-hybridized carbons (Fsp3) is 0.211. The predicted octanol–water partition coefficient (Wildman–Crippen LogP) is 3.19. The Morgan fingerprint density at radius 1 is 1.08 bits per heavy atom. The van der Waals surface area contributed by atoms with Gasteiger partial charge in [-0.05, 0) is 37.6 Å². The molecule has 0 aliphatic carbocycles. The second-order valence-electron chi connectivity index (χ2n) is 6.61. The molecule has 0 fully saturated rings. The average molecular weight is 318 g/mol. The number of pyridine rings is 1. The summed E-state index contributed by atoms with van der Waals surface area (Å²) in [5.41, 5.74) is 4.49. The van der Waals surface area contributed by atoms with Crippen LogP contribution in [0.1, 0.15) is 19.4 Å². The summed E-state index contributed by atoms with van der Waals surface area (Å²) >= 11 is 0. The van der Waals surface area contributed by atoms with Crippen molar-refractivity contribution in [1.29, 1.82) is 0 Å². The number of aromatic nitrogens is 3. The molecule has 24 heavy (non-hydrogen) atoms. The Bertz CT molecular complexity index is 928. The van der Waals surface area contributed by atoms with Crippen molar-refractivity contribution in [2.75, 3.05) is 11.9 Å². The fourth-order valence-corrected chi connectivity index (χ4v) is 3.26. The van der Waals surface area contributed by atoms with Gasteiger partial charge in [0.1, 0.15) is 0 Å². The molecule has 0 unspecified atom stereocenters. The van der Waals surface area contributed by atoms with E-state index in [9.17, 15) is 4.79 Å². The van der Waals surface area contributed by atoms with E-state index in [0.717, 1.165) is 28.1 Å². The summed E-state index contributed by atoms with van der Waals surface area (Å²) in [4.78, 5) is 18.3. The van der Waals surface area contributed by atoms with Crippen LogP contribution in [0, 0.1) is 0 Å². The van der Waals surface area contributed by atoms with Crippen molar-refractivity contribution in [2.24, 2.45) is 0 Å². The molecule has 1 amide bonds. The molecule has 120 valence electrons. The summed E-state index contributed by atoms with van der Waals surface area (Å²) in [5.74, 6) is 0.117. The first-order chi connectivity index (χ1) is 11.5. The number of likely N-dealkylation sites (N-methyl/N-ethyl adjacent to an activating group) is 1. The molecule has 0 spiro atoms. The minimum absolute atomic E-state index is 0.117. The topological polar surface area (TPSA) is 51.0 Å². The molecule has 3 aromatic rings. The molecule has 0 bridgehead atoms. The van der Waals surface area contributed by atoms with Crippen LogP contribution >= 0.6 is 0 Å². The number of anilines is 1. The smallest absolute Gasteiger partial charge is 0.236 e. The third-order valence-corrected chi connectivity index (χ3v) is 4.70. The lowest BCUT2D eigenvalue weighted by atomic mass is 9.86. The van der Waals surface area contributed by atoms with Crippen LogP contribution in [0.25, 0.3) is 16.8 Å². The van der Waals surface area contributed by atoms with E-state index in [0.29, 0.717) is 0 Å². The van der Waals surface area contributed by atoms with Crippen molar-refractivity contribution in [3.05, 3.63) is 60.7 Å². The first-order valence-electron chi connectivity index (χ1n) is 7.86. The second kappa shape index (κ2) is 5.03. The van der Waals surface area contributed by atoms with Crippen LogP contribution < -0.4 is 4.90 Å². The Morgan fingerprint density at radius 3 is 2.67 bits per heavy atom. The van der Waals surface area contributed by atoms with Crippen molar-refractivity contribution < 1.29 is 4.79 Å². The van der Waals surface area contributed by atoms with Gasteiger partial charge in [-0.2, -0.15) is 5.10 Å². The van der Waals surface area contributed by atoms with E-state index in [1.54, 1.807) is 11.1 Å². The summed E-state index contributed by atoms with van der Waals surface area (Å²) in [5, 5.41) is 4.45. The zero-order chi connectivity index (χ0) is 16.9. The minimum atomic E-state index is -0.479. The summed E-state index contributed by atoms with van der Waals surface area (Å²) in [7, 11) is 1.82. The van der Waals surface area contributed by atoms with Crippen LogP contribution in [0.15, 0.2) is 55.1 Å². The number of benzene rings is 1. The molecule has 1 aliphatic rings. The number of carbonyl (C=O) groups is 1. The van der Waals surface area contributed by atoms with Gasteiger partial charge in [-0.25, -0.2) is 4.68 Å². The van der Waals surface area contributed by atoms with Crippen molar-refractivity contribution in [1.82, 2.24) is 14.8 Å². The lowest BCUT2D eigenvalue weighted by Crippen LogP contribution is -2.33. The van der Waals surface area contributed by atoms with Crippen molar-refractivity contribution in [3.63, 3.8) is 0 Å². The third kappa shape index (κ3) is 2.05. The Hall–Kier alpha value is -2.95.